The Balaban J connectivity index is 2.18. The van der Waals surface area contributed by atoms with Crippen molar-refractivity contribution in [3.8, 4) is 0 Å². The first-order chi connectivity index (χ1) is 7.16. The second-order valence-corrected chi connectivity index (χ2v) is 3.11. The lowest BCUT2D eigenvalue weighted by molar-refractivity contribution is 0.0685. The van der Waals surface area contributed by atoms with Gasteiger partial charge in [0, 0.05) is 18.0 Å². The standard InChI is InChI=1S/C9H9N3O3/c1-6-2-3-10-12(6)5-7-4-8(9(13)14)11-15-7/h2-4H,5H2,1H3,(H,13,14). The zero-order valence-corrected chi connectivity index (χ0v) is 8.04. The van der Waals surface area contributed by atoms with Crippen molar-refractivity contribution in [1.29, 1.82) is 0 Å². The van der Waals surface area contributed by atoms with Crippen LogP contribution >= 0.6 is 0 Å². The third kappa shape index (κ3) is 1.88. The Morgan fingerprint density at radius 1 is 1.67 bits per heavy atom. The number of aromatic nitrogens is 3. The van der Waals surface area contributed by atoms with Crippen LogP contribution in [0.1, 0.15) is 21.9 Å². The van der Waals surface area contributed by atoms with E-state index in [2.05, 4.69) is 10.3 Å². The number of aromatic carboxylic acids is 1. The van der Waals surface area contributed by atoms with Gasteiger partial charge in [-0.2, -0.15) is 5.10 Å². The third-order valence-corrected chi connectivity index (χ3v) is 2.01. The highest BCUT2D eigenvalue weighted by atomic mass is 16.5. The number of hydrogen-bond acceptors (Lipinski definition) is 4. The van der Waals surface area contributed by atoms with Gasteiger partial charge in [-0.15, -0.1) is 0 Å². The monoisotopic (exact) mass is 207 g/mol. The topological polar surface area (TPSA) is 81.2 Å². The molecule has 0 fully saturated rings. The minimum Gasteiger partial charge on any atom is -0.476 e. The SMILES string of the molecule is Cc1ccnn1Cc1cc(C(=O)O)no1. The summed E-state index contributed by atoms with van der Waals surface area (Å²) in [5.74, 6) is -0.624. The van der Waals surface area contributed by atoms with Crippen LogP contribution in [0.2, 0.25) is 0 Å². The Hall–Kier alpha value is -2.11. The predicted molar refractivity (Wildman–Crippen MR) is 49.5 cm³/mol. The van der Waals surface area contributed by atoms with E-state index in [-0.39, 0.29) is 5.69 Å². The maximum absolute atomic E-state index is 10.5. The molecule has 0 radical (unpaired) electrons. The highest BCUT2D eigenvalue weighted by Crippen LogP contribution is 2.07. The summed E-state index contributed by atoms with van der Waals surface area (Å²) in [5.41, 5.74) is 0.887. The van der Waals surface area contributed by atoms with E-state index in [9.17, 15) is 4.79 Å². The fourth-order valence-corrected chi connectivity index (χ4v) is 1.20. The fourth-order valence-electron chi connectivity index (χ4n) is 1.20. The van der Waals surface area contributed by atoms with E-state index in [1.165, 1.54) is 6.07 Å². The van der Waals surface area contributed by atoms with E-state index in [0.29, 0.717) is 12.3 Å². The largest absolute Gasteiger partial charge is 0.476 e. The summed E-state index contributed by atoms with van der Waals surface area (Å²) in [5, 5.41) is 16.1. The first kappa shape index (κ1) is 9.45. The molecule has 15 heavy (non-hydrogen) atoms. The van der Waals surface area contributed by atoms with Gasteiger partial charge < -0.3 is 9.63 Å². The molecule has 0 aliphatic heterocycles. The van der Waals surface area contributed by atoms with Crippen LogP contribution in [-0.2, 0) is 6.54 Å². The van der Waals surface area contributed by atoms with Crippen LogP contribution in [-0.4, -0.2) is 26.0 Å². The van der Waals surface area contributed by atoms with E-state index >= 15 is 0 Å². The molecule has 0 unspecified atom stereocenters. The highest BCUT2D eigenvalue weighted by Gasteiger charge is 2.11. The molecule has 0 aliphatic rings. The zero-order chi connectivity index (χ0) is 10.8. The van der Waals surface area contributed by atoms with Gasteiger partial charge in [0.05, 0.1) is 0 Å². The average molecular weight is 207 g/mol. The van der Waals surface area contributed by atoms with Crippen LogP contribution in [0.5, 0.6) is 0 Å². The molecular formula is C9H9N3O3. The molecule has 6 heteroatoms. The Labute approximate surface area is 85.1 Å². The summed E-state index contributed by atoms with van der Waals surface area (Å²) in [6.07, 6.45) is 1.67. The van der Waals surface area contributed by atoms with Gasteiger partial charge in [0.15, 0.2) is 11.5 Å². The number of nitrogens with zero attached hydrogens (tertiary/aromatic N) is 3. The van der Waals surface area contributed by atoms with Crippen LogP contribution in [0.15, 0.2) is 22.9 Å². The van der Waals surface area contributed by atoms with Gasteiger partial charge in [-0.25, -0.2) is 4.79 Å². The molecule has 6 nitrogen and oxygen atoms in total. The van der Waals surface area contributed by atoms with Gasteiger partial charge in [-0.3, -0.25) is 4.68 Å². The molecule has 0 bridgehead atoms. The number of carboxylic acid groups (broad SMARTS) is 1. The van der Waals surface area contributed by atoms with Crippen LogP contribution in [0, 0.1) is 6.92 Å². The number of carbonyl (C=O) groups is 1. The molecule has 2 aromatic rings. The lowest BCUT2D eigenvalue weighted by Gasteiger charge is -1.98. The van der Waals surface area contributed by atoms with E-state index in [1.54, 1.807) is 10.9 Å². The Morgan fingerprint density at radius 2 is 2.47 bits per heavy atom. The molecule has 0 aromatic carbocycles. The van der Waals surface area contributed by atoms with E-state index < -0.39 is 5.97 Å². The van der Waals surface area contributed by atoms with Gasteiger partial charge in [-0.05, 0) is 13.0 Å². The highest BCUT2D eigenvalue weighted by molar-refractivity contribution is 5.85. The normalized spacial score (nSPS) is 10.5. The van der Waals surface area contributed by atoms with Gasteiger partial charge >= 0.3 is 5.97 Å². The lowest BCUT2D eigenvalue weighted by atomic mass is 10.3. The van der Waals surface area contributed by atoms with Crippen molar-refractivity contribution in [2.45, 2.75) is 13.5 Å². The van der Waals surface area contributed by atoms with E-state index in [0.717, 1.165) is 5.69 Å². The molecule has 0 saturated heterocycles. The molecule has 0 saturated carbocycles. The minimum atomic E-state index is -1.10. The molecule has 0 aliphatic carbocycles. The second-order valence-electron chi connectivity index (χ2n) is 3.11. The summed E-state index contributed by atoms with van der Waals surface area (Å²) in [4.78, 5) is 10.5. The molecule has 2 heterocycles. The van der Waals surface area contributed by atoms with Crippen LogP contribution in [0.25, 0.3) is 0 Å². The third-order valence-electron chi connectivity index (χ3n) is 2.01. The Morgan fingerprint density at radius 3 is 3.00 bits per heavy atom. The number of hydrogen-bond donors (Lipinski definition) is 1. The first-order valence-corrected chi connectivity index (χ1v) is 4.34. The summed E-state index contributed by atoms with van der Waals surface area (Å²) in [6.45, 7) is 2.29. The molecule has 2 rings (SSSR count). The molecule has 1 N–H and O–H groups in total. The smallest absolute Gasteiger partial charge is 0.358 e. The van der Waals surface area contributed by atoms with Crippen molar-refractivity contribution < 1.29 is 14.4 Å². The zero-order valence-electron chi connectivity index (χ0n) is 8.04. The molecule has 0 amide bonds. The van der Waals surface area contributed by atoms with Gasteiger partial charge in [0.2, 0.25) is 0 Å². The average Bonchev–Trinajstić information content (AvgIpc) is 2.77. The molecule has 0 atom stereocenters. The fraction of sp³-hybridized carbons (Fsp3) is 0.222. The van der Waals surface area contributed by atoms with E-state index in [1.807, 2.05) is 13.0 Å². The molecule has 78 valence electrons. The van der Waals surface area contributed by atoms with Crippen molar-refractivity contribution in [3.63, 3.8) is 0 Å². The summed E-state index contributed by atoms with van der Waals surface area (Å²) in [7, 11) is 0. The van der Waals surface area contributed by atoms with Crippen molar-refractivity contribution in [3.05, 3.63) is 35.5 Å². The van der Waals surface area contributed by atoms with Crippen molar-refractivity contribution in [2.24, 2.45) is 0 Å². The maximum atomic E-state index is 10.5. The Kier molecular flexibility index (Phi) is 2.24. The number of carboxylic acids is 1. The van der Waals surface area contributed by atoms with Gasteiger partial charge in [0.25, 0.3) is 0 Å². The van der Waals surface area contributed by atoms with Crippen LogP contribution in [0.3, 0.4) is 0 Å². The summed E-state index contributed by atoms with van der Waals surface area (Å²) in [6, 6.07) is 3.25. The van der Waals surface area contributed by atoms with Crippen LogP contribution < -0.4 is 0 Å². The predicted octanol–water partition coefficient (Wildman–Crippen LogP) is 0.926. The maximum Gasteiger partial charge on any atom is 0.358 e. The van der Waals surface area contributed by atoms with Crippen molar-refractivity contribution >= 4 is 5.97 Å². The van der Waals surface area contributed by atoms with Crippen LogP contribution in [0.4, 0.5) is 0 Å². The Bertz CT molecular complexity index is 486. The van der Waals surface area contributed by atoms with Gasteiger partial charge in [-0.1, -0.05) is 5.16 Å². The lowest BCUT2D eigenvalue weighted by Crippen LogP contribution is -2.02. The number of aryl methyl sites for hydroxylation is 1. The summed E-state index contributed by atoms with van der Waals surface area (Å²) >= 11 is 0. The number of rotatable bonds is 3. The molecule has 0 spiro atoms. The molecule has 2 aromatic heterocycles. The minimum absolute atomic E-state index is 0.0881. The summed E-state index contributed by atoms with van der Waals surface area (Å²) < 4.78 is 6.56. The quantitative estimate of drug-likeness (QED) is 0.809. The van der Waals surface area contributed by atoms with Crippen molar-refractivity contribution in [1.82, 2.24) is 14.9 Å². The van der Waals surface area contributed by atoms with E-state index in [4.69, 9.17) is 9.63 Å². The van der Waals surface area contributed by atoms with Crippen molar-refractivity contribution in [2.75, 3.05) is 0 Å². The molecular weight excluding hydrogens is 198 g/mol. The van der Waals surface area contributed by atoms with Gasteiger partial charge in [0.1, 0.15) is 6.54 Å². The first-order valence-electron chi connectivity index (χ1n) is 4.34. The second kappa shape index (κ2) is 3.56.